The third-order valence-electron chi connectivity index (χ3n) is 2.30. The second-order valence-corrected chi connectivity index (χ2v) is 3.67. The number of carbonyl (C=O) groups is 2. The van der Waals surface area contributed by atoms with E-state index in [4.69, 9.17) is 5.73 Å². The van der Waals surface area contributed by atoms with Gasteiger partial charge in [0.25, 0.3) is 0 Å². The molecule has 7 heteroatoms. The van der Waals surface area contributed by atoms with Crippen LogP contribution in [0.3, 0.4) is 0 Å². The Labute approximate surface area is 85.0 Å². The van der Waals surface area contributed by atoms with Gasteiger partial charge in [-0.1, -0.05) is 13.8 Å². The molecule has 0 radical (unpaired) electrons. The van der Waals surface area contributed by atoms with E-state index in [1.165, 1.54) is 13.8 Å². The van der Waals surface area contributed by atoms with Crippen LogP contribution in [0.2, 0.25) is 0 Å². The number of halogens is 3. The van der Waals surface area contributed by atoms with Crippen LogP contribution in [-0.2, 0) is 9.59 Å². The van der Waals surface area contributed by atoms with Gasteiger partial charge < -0.3 is 11.1 Å². The predicted octanol–water partition coefficient (Wildman–Crippen LogP) is 0.565. The third-order valence-corrected chi connectivity index (χ3v) is 2.30. The average Bonchev–Trinajstić information content (AvgIpc) is 2.01. The Morgan fingerprint density at radius 3 is 1.87 bits per heavy atom. The summed E-state index contributed by atoms with van der Waals surface area (Å²) in [6, 6.07) is 0. The van der Waals surface area contributed by atoms with Gasteiger partial charge >= 0.3 is 12.1 Å². The molecule has 0 saturated heterocycles. The van der Waals surface area contributed by atoms with E-state index in [1.807, 2.05) is 0 Å². The molecule has 0 aromatic carbocycles. The molecule has 0 spiro atoms. The Morgan fingerprint density at radius 1 is 1.27 bits per heavy atom. The number of primary amides is 1. The monoisotopic (exact) mass is 226 g/mol. The molecule has 3 N–H and O–H groups in total. The highest BCUT2D eigenvalue weighted by Gasteiger charge is 2.45. The Hall–Kier alpha value is -1.27. The fourth-order valence-corrected chi connectivity index (χ4v) is 0.797. The van der Waals surface area contributed by atoms with Crippen LogP contribution in [0.5, 0.6) is 0 Å². The Balaban J connectivity index is 4.88. The molecule has 0 aromatic heterocycles. The number of nitrogens with two attached hydrogens (primary N) is 1. The van der Waals surface area contributed by atoms with Crippen LogP contribution in [-0.4, -0.2) is 23.5 Å². The lowest BCUT2D eigenvalue weighted by molar-refractivity contribution is -0.176. The molecule has 1 atom stereocenters. The van der Waals surface area contributed by atoms with Gasteiger partial charge in [-0.3, -0.25) is 9.59 Å². The number of amides is 2. The molecule has 1 unspecified atom stereocenters. The van der Waals surface area contributed by atoms with Crippen LogP contribution >= 0.6 is 0 Å². The molecule has 2 amide bonds. The van der Waals surface area contributed by atoms with Gasteiger partial charge in [0.1, 0.15) is 5.54 Å². The van der Waals surface area contributed by atoms with Gasteiger partial charge in [0, 0.05) is 0 Å². The molecule has 0 heterocycles. The zero-order valence-corrected chi connectivity index (χ0v) is 8.61. The highest BCUT2D eigenvalue weighted by molar-refractivity contribution is 5.92. The van der Waals surface area contributed by atoms with Crippen molar-refractivity contribution in [1.29, 1.82) is 0 Å². The summed E-state index contributed by atoms with van der Waals surface area (Å²) < 4.78 is 35.8. The minimum absolute atomic E-state index is 0.540. The first-order chi connectivity index (χ1) is 6.51. The molecule has 15 heavy (non-hydrogen) atoms. The van der Waals surface area contributed by atoms with Crippen LogP contribution in [0.4, 0.5) is 13.2 Å². The number of hydrogen-bond acceptors (Lipinski definition) is 2. The molecular weight excluding hydrogens is 213 g/mol. The Morgan fingerprint density at radius 2 is 1.67 bits per heavy atom. The molecule has 88 valence electrons. The topological polar surface area (TPSA) is 72.2 Å². The van der Waals surface area contributed by atoms with Gasteiger partial charge in [-0.2, -0.15) is 13.2 Å². The van der Waals surface area contributed by atoms with Crippen LogP contribution in [0.15, 0.2) is 0 Å². The smallest absolute Gasteiger partial charge is 0.368 e. The highest BCUT2D eigenvalue weighted by Crippen LogP contribution is 2.20. The van der Waals surface area contributed by atoms with Crippen molar-refractivity contribution in [2.45, 2.75) is 32.5 Å². The molecule has 0 bridgehead atoms. The number of carbonyl (C=O) groups excluding carboxylic acids is 2. The van der Waals surface area contributed by atoms with Gasteiger partial charge in [-0.05, 0) is 12.8 Å². The van der Waals surface area contributed by atoms with Gasteiger partial charge in [0.15, 0.2) is 0 Å². The summed E-state index contributed by atoms with van der Waals surface area (Å²) in [5, 5.41) is 1.59. The fraction of sp³-hybridized carbons (Fsp3) is 0.750. The maximum atomic E-state index is 11.9. The molecule has 0 fully saturated rings. The van der Waals surface area contributed by atoms with E-state index in [0.717, 1.165) is 6.92 Å². The minimum atomic E-state index is -5.02. The van der Waals surface area contributed by atoms with E-state index >= 15 is 0 Å². The SMILES string of the molecule is CC(C)C(C)(NC(=O)C(F)(F)F)C(N)=O. The molecule has 0 aromatic rings. The van der Waals surface area contributed by atoms with Crippen molar-refractivity contribution in [2.75, 3.05) is 0 Å². The van der Waals surface area contributed by atoms with E-state index < -0.39 is 29.4 Å². The second kappa shape index (κ2) is 4.08. The predicted molar refractivity (Wildman–Crippen MR) is 46.6 cm³/mol. The lowest BCUT2D eigenvalue weighted by atomic mass is 9.87. The number of alkyl halides is 3. The van der Waals surface area contributed by atoms with Gasteiger partial charge in [-0.15, -0.1) is 0 Å². The van der Waals surface area contributed by atoms with E-state index in [0.29, 0.717) is 0 Å². The first-order valence-electron chi connectivity index (χ1n) is 4.21. The molecule has 0 aliphatic carbocycles. The second-order valence-electron chi connectivity index (χ2n) is 3.67. The van der Waals surface area contributed by atoms with Gasteiger partial charge in [0.2, 0.25) is 5.91 Å². The van der Waals surface area contributed by atoms with Crippen LogP contribution in [0.25, 0.3) is 0 Å². The minimum Gasteiger partial charge on any atom is -0.368 e. The quantitative estimate of drug-likeness (QED) is 0.738. The molecule has 0 rings (SSSR count). The first kappa shape index (κ1) is 13.7. The van der Waals surface area contributed by atoms with E-state index in [-0.39, 0.29) is 0 Å². The fourth-order valence-electron chi connectivity index (χ4n) is 0.797. The van der Waals surface area contributed by atoms with E-state index in [1.54, 1.807) is 5.32 Å². The number of nitrogens with one attached hydrogen (secondary N) is 1. The molecular formula is C8H13F3N2O2. The molecule has 4 nitrogen and oxygen atoms in total. The van der Waals surface area contributed by atoms with E-state index in [2.05, 4.69) is 0 Å². The van der Waals surface area contributed by atoms with Crippen LogP contribution < -0.4 is 11.1 Å². The normalized spacial score (nSPS) is 15.9. The van der Waals surface area contributed by atoms with Crippen molar-refractivity contribution in [3.05, 3.63) is 0 Å². The zero-order valence-electron chi connectivity index (χ0n) is 8.61. The van der Waals surface area contributed by atoms with Crippen molar-refractivity contribution >= 4 is 11.8 Å². The summed E-state index contributed by atoms with van der Waals surface area (Å²) >= 11 is 0. The number of rotatable bonds is 3. The zero-order chi connectivity index (χ0) is 12.4. The summed E-state index contributed by atoms with van der Waals surface area (Å²) in [7, 11) is 0. The summed E-state index contributed by atoms with van der Waals surface area (Å²) in [5.41, 5.74) is 3.24. The summed E-state index contributed by atoms with van der Waals surface area (Å²) in [6.07, 6.45) is -5.02. The maximum absolute atomic E-state index is 11.9. The molecule has 0 aliphatic heterocycles. The average molecular weight is 226 g/mol. The van der Waals surface area contributed by atoms with Crippen LogP contribution in [0.1, 0.15) is 20.8 Å². The largest absolute Gasteiger partial charge is 0.471 e. The first-order valence-corrected chi connectivity index (χ1v) is 4.21. The van der Waals surface area contributed by atoms with Gasteiger partial charge in [-0.25, -0.2) is 0 Å². The Kier molecular flexibility index (Phi) is 3.73. The highest BCUT2D eigenvalue weighted by atomic mass is 19.4. The molecule has 0 aliphatic rings. The van der Waals surface area contributed by atoms with Crippen molar-refractivity contribution in [2.24, 2.45) is 11.7 Å². The van der Waals surface area contributed by atoms with Crippen molar-refractivity contribution in [3.8, 4) is 0 Å². The maximum Gasteiger partial charge on any atom is 0.471 e. The number of hydrogen-bond donors (Lipinski definition) is 2. The lowest BCUT2D eigenvalue weighted by Crippen LogP contribution is -2.61. The third kappa shape index (κ3) is 3.10. The summed E-state index contributed by atoms with van der Waals surface area (Å²) in [6.45, 7) is 4.13. The van der Waals surface area contributed by atoms with Crippen molar-refractivity contribution < 1.29 is 22.8 Å². The van der Waals surface area contributed by atoms with Crippen LogP contribution in [0, 0.1) is 5.92 Å². The summed E-state index contributed by atoms with van der Waals surface area (Å²) in [4.78, 5) is 21.6. The summed E-state index contributed by atoms with van der Waals surface area (Å²) in [5.74, 6) is -3.71. The van der Waals surface area contributed by atoms with Crippen molar-refractivity contribution in [3.63, 3.8) is 0 Å². The lowest BCUT2D eigenvalue weighted by Gasteiger charge is -2.31. The van der Waals surface area contributed by atoms with Gasteiger partial charge in [0.05, 0.1) is 0 Å². The van der Waals surface area contributed by atoms with Crippen molar-refractivity contribution in [1.82, 2.24) is 5.32 Å². The Bertz CT molecular complexity index is 276. The van der Waals surface area contributed by atoms with E-state index in [9.17, 15) is 22.8 Å². The molecule has 0 saturated carbocycles. The standard InChI is InChI=1S/C8H13F3N2O2/c1-4(2)7(3,5(12)14)13-6(15)8(9,10)11/h4H,1-3H3,(H2,12,14)(H,13,15).